The molecule has 3 heterocycles. The molecule has 1 aliphatic rings. The molecule has 4 rings (SSSR count). The van der Waals surface area contributed by atoms with E-state index in [1.165, 1.54) is 0 Å². The Kier molecular flexibility index (Phi) is 7.97. The molecule has 7 nitrogen and oxygen atoms in total. The number of carbonyl (C=O) groups excluding carboxylic acids is 2. The second-order valence-corrected chi connectivity index (χ2v) is 10.1. The number of ether oxygens (including phenoxy) is 2. The van der Waals surface area contributed by atoms with Crippen molar-refractivity contribution in [3.63, 3.8) is 0 Å². The highest BCUT2D eigenvalue weighted by Crippen LogP contribution is 2.44. The molecule has 0 aliphatic carbocycles. The average molecular weight is 520 g/mol. The van der Waals surface area contributed by atoms with Crippen molar-refractivity contribution in [2.45, 2.75) is 47.1 Å². The van der Waals surface area contributed by atoms with Gasteiger partial charge in [-0.1, -0.05) is 17.7 Å². The lowest BCUT2D eigenvalue weighted by atomic mass is 9.95. The number of hydrogen-bond donors (Lipinski definition) is 0. The van der Waals surface area contributed by atoms with E-state index in [1.54, 1.807) is 37.3 Å². The maximum absolute atomic E-state index is 13.8. The summed E-state index contributed by atoms with van der Waals surface area (Å²) >= 11 is 1.58. The van der Waals surface area contributed by atoms with E-state index in [-0.39, 0.29) is 18.3 Å². The SMILES string of the molecule is C/C=C(/CCCN(C)C(C)=O)C(=O)c1nn(-c2ccsc2)c2c1COc1cc(OC)c(C=C(C)C)cc1-2. The number of Topliss-reactive ketones (excluding diaryl/α,β-unsaturated/α-hetero) is 1. The highest BCUT2D eigenvalue weighted by Gasteiger charge is 2.32. The Labute approximate surface area is 222 Å². The summed E-state index contributed by atoms with van der Waals surface area (Å²) in [5.41, 5.74) is 6.58. The first kappa shape index (κ1) is 26.4. The smallest absolute Gasteiger partial charge is 0.219 e. The summed E-state index contributed by atoms with van der Waals surface area (Å²) in [6.45, 7) is 8.32. The minimum Gasteiger partial charge on any atom is -0.496 e. The maximum atomic E-state index is 13.8. The molecule has 0 saturated carbocycles. The summed E-state index contributed by atoms with van der Waals surface area (Å²) in [4.78, 5) is 27.0. The van der Waals surface area contributed by atoms with Crippen molar-refractivity contribution in [2.24, 2.45) is 0 Å². The number of amides is 1. The Morgan fingerprint density at radius 3 is 2.68 bits per heavy atom. The molecule has 0 saturated heterocycles. The quantitative estimate of drug-likeness (QED) is 0.245. The van der Waals surface area contributed by atoms with E-state index in [2.05, 4.69) is 6.08 Å². The average Bonchev–Trinajstić information content (AvgIpc) is 3.53. The highest BCUT2D eigenvalue weighted by atomic mass is 32.1. The lowest BCUT2D eigenvalue weighted by Crippen LogP contribution is -2.25. The molecule has 194 valence electrons. The van der Waals surface area contributed by atoms with Crippen LogP contribution in [0.15, 0.2) is 46.2 Å². The van der Waals surface area contributed by atoms with Crippen LogP contribution in [0.4, 0.5) is 0 Å². The fraction of sp³-hybridized carbons (Fsp3) is 0.345. The van der Waals surface area contributed by atoms with Gasteiger partial charge in [-0.3, -0.25) is 9.59 Å². The number of methoxy groups -OCH3 is 1. The standard InChI is InChI=1S/C29H33N3O4S/c1-7-20(9-8-11-31(5)19(4)33)29(34)27-24-16-36-26-15-25(35-6)21(13-18(2)3)14-23(26)28(24)32(30-27)22-10-12-37-17-22/h7,10,12-15,17H,8-9,11,16H2,1-6H3/b20-7-. The number of rotatable bonds is 9. The summed E-state index contributed by atoms with van der Waals surface area (Å²) < 4.78 is 13.6. The van der Waals surface area contributed by atoms with Crippen LogP contribution in [0.5, 0.6) is 11.5 Å². The van der Waals surface area contributed by atoms with Gasteiger partial charge < -0.3 is 14.4 Å². The summed E-state index contributed by atoms with van der Waals surface area (Å²) in [6.07, 6.45) is 5.18. The first-order valence-corrected chi connectivity index (χ1v) is 13.3. The van der Waals surface area contributed by atoms with E-state index in [4.69, 9.17) is 14.6 Å². The number of carbonyl (C=O) groups is 2. The Morgan fingerprint density at radius 1 is 1.27 bits per heavy atom. The van der Waals surface area contributed by atoms with Crippen LogP contribution in [0, 0.1) is 0 Å². The molecular formula is C29H33N3O4S. The van der Waals surface area contributed by atoms with E-state index >= 15 is 0 Å². The van der Waals surface area contributed by atoms with Crippen molar-refractivity contribution in [1.82, 2.24) is 14.7 Å². The number of nitrogens with zero attached hydrogens (tertiary/aromatic N) is 3. The third kappa shape index (κ3) is 5.39. The molecule has 0 atom stereocenters. The van der Waals surface area contributed by atoms with Crippen LogP contribution in [0.2, 0.25) is 0 Å². The van der Waals surface area contributed by atoms with Gasteiger partial charge in [0.2, 0.25) is 11.7 Å². The van der Waals surface area contributed by atoms with Crippen LogP contribution >= 0.6 is 11.3 Å². The van der Waals surface area contributed by atoms with Gasteiger partial charge in [0.15, 0.2) is 0 Å². The van der Waals surface area contributed by atoms with Crippen LogP contribution < -0.4 is 9.47 Å². The molecule has 2 aromatic heterocycles. The minimum absolute atomic E-state index is 0.0110. The Bertz CT molecular complexity index is 1380. The number of benzene rings is 1. The van der Waals surface area contributed by atoms with Crippen molar-refractivity contribution >= 4 is 29.1 Å². The molecule has 3 aromatic rings. The van der Waals surface area contributed by atoms with Crippen molar-refractivity contribution < 1.29 is 19.1 Å². The van der Waals surface area contributed by atoms with Crippen LogP contribution in [0.1, 0.15) is 62.2 Å². The van der Waals surface area contributed by atoms with E-state index in [0.717, 1.165) is 39.4 Å². The van der Waals surface area contributed by atoms with Gasteiger partial charge in [0, 0.05) is 48.7 Å². The van der Waals surface area contributed by atoms with Crippen molar-refractivity contribution in [2.75, 3.05) is 20.7 Å². The highest BCUT2D eigenvalue weighted by molar-refractivity contribution is 7.08. The van der Waals surface area contributed by atoms with Crippen LogP contribution in [0.3, 0.4) is 0 Å². The molecule has 37 heavy (non-hydrogen) atoms. The topological polar surface area (TPSA) is 73.7 Å². The van der Waals surface area contributed by atoms with Gasteiger partial charge in [0.05, 0.1) is 18.5 Å². The molecule has 0 radical (unpaired) electrons. The van der Waals surface area contributed by atoms with Gasteiger partial charge in [-0.2, -0.15) is 16.4 Å². The number of hydrogen-bond acceptors (Lipinski definition) is 6. The first-order valence-electron chi connectivity index (χ1n) is 12.3. The van der Waals surface area contributed by atoms with E-state index in [1.807, 2.05) is 60.5 Å². The van der Waals surface area contributed by atoms with Crippen LogP contribution in [0.25, 0.3) is 23.0 Å². The number of allylic oxidation sites excluding steroid dienone is 3. The number of fused-ring (bicyclic) bond motifs is 3. The summed E-state index contributed by atoms with van der Waals surface area (Å²) in [7, 11) is 3.42. The number of aromatic nitrogens is 2. The fourth-order valence-corrected chi connectivity index (χ4v) is 5.06. The monoisotopic (exact) mass is 519 g/mol. The number of ketones is 1. The zero-order valence-electron chi connectivity index (χ0n) is 22.3. The maximum Gasteiger partial charge on any atom is 0.219 e. The molecule has 8 heteroatoms. The van der Waals surface area contributed by atoms with Gasteiger partial charge >= 0.3 is 0 Å². The predicted molar refractivity (Wildman–Crippen MR) is 148 cm³/mol. The Morgan fingerprint density at radius 2 is 2.05 bits per heavy atom. The summed E-state index contributed by atoms with van der Waals surface area (Å²) in [5.74, 6) is 1.33. The van der Waals surface area contributed by atoms with Crippen molar-refractivity contribution in [3.05, 3.63) is 63.0 Å². The number of thiophene rings is 1. The fourth-order valence-electron chi connectivity index (χ4n) is 4.45. The van der Waals surface area contributed by atoms with Crippen molar-refractivity contribution in [1.29, 1.82) is 0 Å². The Balaban J connectivity index is 1.79. The Hall–Kier alpha value is -3.65. The second-order valence-electron chi connectivity index (χ2n) is 9.36. The van der Waals surface area contributed by atoms with E-state index < -0.39 is 0 Å². The molecule has 0 fully saturated rings. The first-order chi connectivity index (χ1) is 17.7. The largest absolute Gasteiger partial charge is 0.496 e. The lowest BCUT2D eigenvalue weighted by molar-refractivity contribution is -0.127. The molecule has 1 amide bonds. The minimum atomic E-state index is -0.108. The van der Waals surface area contributed by atoms with Gasteiger partial charge in [-0.25, -0.2) is 4.68 Å². The van der Waals surface area contributed by atoms with Crippen molar-refractivity contribution in [3.8, 4) is 28.4 Å². The summed E-state index contributed by atoms with van der Waals surface area (Å²) in [6, 6.07) is 5.95. The molecule has 1 aliphatic heterocycles. The molecule has 0 bridgehead atoms. The molecular weight excluding hydrogens is 486 g/mol. The van der Waals surface area contributed by atoms with Gasteiger partial charge in [-0.05, 0) is 56.7 Å². The van der Waals surface area contributed by atoms with Gasteiger partial charge in [-0.15, -0.1) is 0 Å². The molecule has 1 aromatic carbocycles. The predicted octanol–water partition coefficient (Wildman–Crippen LogP) is 6.31. The third-order valence-corrected chi connectivity index (χ3v) is 7.14. The zero-order valence-corrected chi connectivity index (χ0v) is 23.1. The van der Waals surface area contributed by atoms with Crippen LogP contribution in [-0.2, 0) is 11.4 Å². The normalized spacial score (nSPS) is 12.3. The van der Waals surface area contributed by atoms with E-state index in [0.29, 0.717) is 36.4 Å². The van der Waals surface area contributed by atoms with Gasteiger partial charge in [0.1, 0.15) is 23.8 Å². The molecule has 0 unspecified atom stereocenters. The zero-order chi connectivity index (χ0) is 26.7. The van der Waals surface area contributed by atoms with E-state index in [9.17, 15) is 9.59 Å². The second kappa shape index (κ2) is 11.2. The summed E-state index contributed by atoms with van der Waals surface area (Å²) in [5, 5.41) is 8.86. The van der Waals surface area contributed by atoms with Gasteiger partial charge in [0.25, 0.3) is 0 Å². The molecule has 0 N–H and O–H groups in total. The van der Waals surface area contributed by atoms with Crippen LogP contribution in [-0.4, -0.2) is 47.1 Å². The third-order valence-electron chi connectivity index (χ3n) is 6.47. The lowest BCUT2D eigenvalue weighted by Gasteiger charge is -2.21. The molecule has 0 spiro atoms.